The summed E-state index contributed by atoms with van der Waals surface area (Å²) >= 11 is 0. The highest BCUT2D eigenvalue weighted by Crippen LogP contribution is 2.19. The van der Waals surface area contributed by atoms with Gasteiger partial charge in [0, 0.05) is 6.54 Å². The van der Waals surface area contributed by atoms with Crippen molar-refractivity contribution in [3.63, 3.8) is 0 Å². The lowest BCUT2D eigenvalue weighted by Crippen LogP contribution is -2.05. The van der Waals surface area contributed by atoms with E-state index in [4.69, 9.17) is 5.73 Å². The summed E-state index contributed by atoms with van der Waals surface area (Å²) in [5, 5.41) is 0. The second kappa shape index (κ2) is 4.98. The Morgan fingerprint density at radius 1 is 1.42 bits per heavy atom. The first-order chi connectivity index (χ1) is 5.49. The summed E-state index contributed by atoms with van der Waals surface area (Å²) in [5.41, 5.74) is 5.94. The maximum Gasteiger partial charge on any atom is 0.392 e. The molecule has 0 aliphatic carbocycles. The Kier molecular flexibility index (Phi) is 4.66. The fourth-order valence-electron chi connectivity index (χ4n) is 0.626. The Bertz CT molecular complexity index is 179. The number of hydrogen-bond donors (Lipinski definition) is 1. The minimum absolute atomic E-state index is 0.269. The van der Waals surface area contributed by atoms with Crippen LogP contribution < -0.4 is 5.73 Å². The van der Waals surface area contributed by atoms with Crippen molar-refractivity contribution in [3.8, 4) is 0 Å². The van der Waals surface area contributed by atoms with Crippen LogP contribution in [0.1, 0.15) is 13.3 Å². The van der Waals surface area contributed by atoms with Crippen molar-refractivity contribution in [1.29, 1.82) is 0 Å². The standard InChI is InChI=1S/C8H12F3N/c1-2-7(6-12)4-3-5-8(9,10)11/h2-4H,5-6,12H2,1H3/b4-3-,7-2+. The molecule has 4 heteroatoms. The van der Waals surface area contributed by atoms with Crippen LogP contribution in [0, 0.1) is 0 Å². The zero-order chi connectivity index (χ0) is 9.61. The van der Waals surface area contributed by atoms with Gasteiger partial charge in [0.15, 0.2) is 0 Å². The van der Waals surface area contributed by atoms with Crippen LogP contribution in [-0.2, 0) is 0 Å². The SMILES string of the molecule is C/C=C(\C=C/CC(F)(F)F)CN. The van der Waals surface area contributed by atoms with Crippen LogP contribution in [0.2, 0.25) is 0 Å². The van der Waals surface area contributed by atoms with E-state index in [0.717, 1.165) is 6.08 Å². The second-order valence-corrected chi connectivity index (χ2v) is 2.29. The van der Waals surface area contributed by atoms with Gasteiger partial charge in [-0.3, -0.25) is 0 Å². The van der Waals surface area contributed by atoms with Crippen molar-refractivity contribution in [2.75, 3.05) is 6.54 Å². The van der Waals surface area contributed by atoms with E-state index in [1.165, 1.54) is 6.08 Å². The minimum atomic E-state index is -4.12. The van der Waals surface area contributed by atoms with Gasteiger partial charge in [0.05, 0.1) is 6.42 Å². The first-order valence-corrected chi connectivity index (χ1v) is 3.58. The predicted octanol–water partition coefficient (Wildman–Crippen LogP) is 2.40. The molecule has 0 heterocycles. The van der Waals surface area contributed by atoms with Gasteiger partial charge in [-0.15, -0.1) is 0 Å². The first-order valence-electron chi connectivity index (χ1n) is 3.58. The molecule has 0 saturated carbocycles. The van der Waals surface area contributed by atoms with Crippen molar-refractivity contribution in [1.82, 2.24) is 0 Å². The molecule has 0 spiro atoms. The molecule has 0 amide bonds. The second-order valence-electron chi connectivity index (χ2n) is 2.29. The number of allylic oxidation sites excluding steroid dienone is 2. The Balaban J connectivity index is 3.92. The van der Waals surface area contributed by atoms with Crippen LogP contribution in [0.4, 0.5) is 13.2 Å². The Morgan fingerprint density at radius 2 is 2.00 bits per heavy atom. The molecule has 2 N–H and O–H groups in total. The molecular formula is C8H12F3N. The zero-order valence-electron chi connectivity index (χ0n) is 6.86. The van der Waals surface area contributed by atoms with Crippen LogP contribution in [0.25, 0.3) is 0 Å². The average Bonchev–Trinajstić information content (AvgIpc) is 1.96. The number of halogens is 3. The van der Waals surface area contributed by atoms with E-state index in [-0.39, 0.29) is 6.54 Å². The summed E-state index contributed by atoms with van der Waals surface area (Å²) in [6.45, 7) is 2.00. The normalized spacial score (nSPS) is 14.2. The molecule has 0 radical (unpaired) electrons. The van der Waals surface area contributed by atoms with Crippen molar-refractivity contribution >= 4 is 0 Å². The molecule has 0 aromatic rings. The van der Waals surface area contributed by atoms with Crippen LogP contribution >= 0.6 is 0 Å². The quantitative estimate of drug-likeness (QED) is 0.661. The molecule has 0 unspecified atom stereocenters. The summed E-state index contributed by atoms with van der Waals surface area (Å²) in [7, 11) is 0. The van der Waals surface area contributed by atoms with E-state index >= 15 is 0 Å². The predicted molar refractivity (Wildman–Crippen MR) is 42.6 cm³/mol. The molecule has 0 atom stereocenters. The smallest absolute Gasteiger partial charge is 0.327 e. The molecular weight excluding hydrogens is 167 g/mol. The number of alkyl halides is 3. The van der Waals surface area contributed by atoms with E-state index < -0.39 is 12.6 Å². The number of rotatable bonds is 3. The van der Waals surface area contributed by atoms with Gasteiger partial charge in [0.1, 0.15) is 0 Å². The average molecular weight is 179 g/mol. The molecule has 0 aliphatic heterocycles. The maximum absolute atomic E-state index is 11.6. The van der Waals surface area contributed by atoms with E-state index in [2.05, 4.69) is 0 Å². The molecule has 0 fully saturated rings. The number of hydrogen-bond acceptors (Lipinski definition) is 1. The molecule has 0 aromatic carbocycles. The zero-order valence-corrected chi connectivity index (χ0v) is 6.86. The maximum atomic E-state index is 11.6. The molecule has 0 saturated heterocycles. The van der Waals surface area contributed by atoms with Crippen molar-refractivity contribution in [3.05, 3.63) is 23.8 Å². The van der Waals surface area contributed by atoms with E-state index in [1.807, 2.05) is 0 Å². The molecule has 70 valence electrons. The van der Waals surface area contributed by atoms with Gasteiger partial charge in [0.25, 0.3) is 0 Å². The molecule has 0 rings (SSSR count). The van der Waals surface area contributed by atoms with Crippen LogP contribution in [-0.4, -0.2) is 12.7 Å². The third-order valence-corrected chi connectivity index (χ3v) is 1.29. The highest BCUT2D eigenvalue weighted by atomic mass is 19.4. The van der Waals surface area contributed by atoms with Gasteiger partial charge in [-0.05, 0) is 12.5 Å². The molecule has 0 bridgehead atoms. The van der Waals surface area contributed by atoms with Crippen molar-refractivity contribution < 1.29 is 13.2 Å². The summed E-state index contributed by atoms with van der Waals surface area (Å²) in [6, 6.07) is 0. The lowest BCUT2D eigenvalue weighted by Gasteiger charge is -2.00. The minimum Gasteiger partial charge on any atom is -0.327 e. The lowest BCUT2D eigenvalue weighted by atomic mass is 10.2. The molecule has 0 aromatic heterocycles. The Hall–Kier alpha value is -0.770. The highest BCUT2D eigenvalue weighted by Gasteiger charge is 2.24. The van der Waals surface area contributed by atoms with E-state index in [9.17, 15) is 13.2 Å². The molecule has 1 nitrogen and oxygen atoms in total. The Morgan fingerprint density at radius 3 is 2.33 bits per heavy atom. The van der Waals surface area contributed by atoms with Crippen LogP contribution in [0.5, 0.6) is 0 Å². The van der Waals surface area contributed by atoms with Crippen molar-refractivity contribution in [2.45, 2.75) is 19.5 Å². The summed E-state index contributed by atoms with van der Waals surface area (Å²) in [4.78, 5) is 0. The monoisotopic (exact) mass is 179 g/mol. The third kappa shape index (κ3) is 5.97. The fourth-order valence-corrected chi connectivity index (χ4v) is 0.626. The number of nitrogens with two attached hydrogens (primary N) is 1. The van der Waals surface area contributed by atoms with Gasteiger partial charge in [0.2, 0.25) is 0 Å². The van der Waals surface area contributed by atoms with Gasteiger partial charge in [-0.25, -0.2) is 0 Å². The third-order valence-electron chi connectivity index (χ3n) is 1.29. The summed E-state index contributed by atoms with van der Waals surface area (Å²) < 4.78 is 34.8. The van der Waals surface area contributed by atoms with Gasteiger partial charge in [-0.2, -0.15) is 13.2 Å². The summed E-state index contributed by atoms with van der Waals surface area (Å²) in [5.74, 6) is 0. The van der Waals surface area contributed by atoms with E-state index in [1.54, 1.807) is 13.0 Å². The largest absolute Gasteiger partial charge is 0.392 e. The topological polar surface area (TPSA) is 26.0 Å². The summed E-state index contributed by atoms with van der Waals surface area (Å²) in [6.07, 6.45) is -0.864. The highest BCUT2D eigenvalue weighted by molar-refractivity contribution is 5.18. The van der Waals surface area contributed by atoms with Gasteiger partial charge < -0.3 is 5.73 Å². The molecule has 12 heavy (non-hydrogen) atoms. The van der Waals surface area contributed by atoms with Crippen LogP contribution in [0.3, 0.4) is 0 Å². The van der Waals surface area contributed by atoms with Crippen molar-refractivity contribution in [2.24, 2.45) is 5.73 Å². The van der Waals surface area contributed by atoms with Crippen LogP contribution in [0.15, 0.2) is 23.8 Å². The lowest BCUT2D eigenvalue weighted by molar-refractivity contribution is -0.125. The first kappa shape index (κ1) is 11.2. The van der Waals surface area contributed by atoms with Gasteiger partial charge in [-0.1, -0.05) is 18.2 Å². The molecule has 0 aliphatic rings. The Labute approximate surface area is 69.8 Å². The fraction of sp³-hybridized carbons (Fsp3) is 0.500. The van der Waals surface area contributed by atoms with Gasteiger partial charge >= 0.3 is 6.18 Å². The van der Waals surface area contributed by atoms with E-state index in [0.29, 0.717) is 5.57 Å².